The van der Waals surface area contributed by atoms with Crippen molar-refractivity contribution in [3.05, 3.63) is 0 Å². The molecule has 6 nitrogen and oxygen atoms in total. The molecule has 72 valence electrons. The van der Waals surface area contributed by atoms with Crippen LogP contribution in [0.4, 0.5) is 11.9 Å². The fourth-order valence-corrected chi connectivity index (χ4v) is 1.38. The number of rotatable bonds is 2. The van der Waals surface area contributed by atoms with E-state index in [1.807, 2.05) is 0 Å². The molecular formula is C7H13N5O. The SMILES string of the molecule is Nc1nc(NC2CCCOC2)n[nH]1. The zero-order valence-corrected chi connectivity index (χ0v) is 7.29. The summed E-state index contributed by atoms with van der Waals surface area (Å²) in [6, 6.07) is 0.309. The molecule has 2 rings (SSSR count). The molecular weight excluding hydrogens is 170 g/mol. The minimum Gasteiger partial charge on any atom is -0.379 e. The van der Waals surface area contributed by atoms with Crippen molar-refractivity contribution >= 4 is 11.9 Å². The maximum absolute atomic E-state index is 5.38. The van der Waals surface area contributed by atoms with E-state index in [1.165, 1.54) is 0 Å². The molecule has 1 saturated heterocycles. The zero-order chi connectivity index (χ0) is 9.10. The van der Waals surface area contributed by atoms with E-state index in [2.05, 4.69) is 20.5 Å². The summed E-state index contributed by atoms with van der Waals surface area (Å²) in [5.74, 6) is 0.882. The molecule has 0 amide bonds. The molecule has 0 saturated carbocycles. The van der Waals surface area contributed by atoms with Crippen LogP contribution in [-0.4, -0.2) is 34.4 Å². The first kappa shape index (κ1) is 8.31. The first-order valence-corrected chi connectivity index (χ1v) is 4.37. The molecule has 0 radical (unpaired) electrons. The topological polar surface area (TPSA) is 88.8 Å². The molecule has 6 heteroatoms. The van der Waals surface area contributed by atoms with Gasteiger partial charge in [-0.3, -0.25) is 0 Å². The van der Waals surface area contributed by atoms with Crippen LogP contribution in [0, 0.1) is 0 Å². The van der Waals surface area contributed by atoms with Gasteiger partial charge >= 0.3 is 0 Å². The molecule has 1 aromatic heterocycles. The molecule has 0 bridgehead atoms. The lowest BCUT2D eigenvalue weighted by atomic mass is 10.1. The van der Waals surface area contributed by atoms with Crippen LogP contribution >= 0.6 is 0 Å². The number of nitrogens with two attached hydrogens (primary N) is 1. The highest BCUT2D eigenvalue weighted by Gasteiger charge is 2.14. The quantitative estimate of drug-likeness (QED) is 0.599. The van der Waals surface area contributed by atoms with Crippen molar-refractivity contribution in [1.82, 2.24) is 15.2 Å². The number of hydrogen-bond donors (Lipinski definition) is 3. The van der Waals surface area contributed by atoms with Gasteiger partial charge in [-0.15, -0.1) is 5.10 Å². The predicted octanol–water partition coefficient (Wildman–Crippen LogP) is -0.0222. The van der Waals surface area contributed by atoms with E-state index in [9.17, 15) is 0 Å². The van der Waals surface area contributed by atoms with E-state index in [1.54, 1.807) is 0 Å². The van der Waals surface area contributed by atoms with E-state index in [4.69, 9.17) is 10.5 Å². The van der Waals surface area contributed by atoms with Crippen molar-refractivity contribution in [2.24, 2.45) is 0 Å². The number of nitrogen functional groups attached to an aromatic ring is 1. The molecule has 1 aromatic rings. The largest absolute Gasteiger partial charge is 0.379 e. The highest BCUT2D eigenvalue weighted by atomic mass is 16.5. The van der Waals surface area contributed by atoms with Gasteiger partial charge in [0.2, 0.25) is 11.9 Å². The fraction of sp³-hybridized carbons (Fsp3) is 0.714. The summed E-state index contributed by atoms with van der Waals surface area (Å²) in [6.45, 7) is 1.57. The van der Waals surface area contributed by atoms with Crippen molar-refractivity contribution in [1.29, 1.82) is 0 Å². The molecule has 1 fully saturated rings. The van der Waals surface area contributed by atoms with E-state index < -0.39 is 0 Å². The molecule has 1 aliphatic rings. The van der Waals surface area contributed by atoms with Crippen LogP contribution < -0.4 is 11.1 Å². The summed E-state index contributed by atoms with van der Waals surface area (Å²) in [4.78, 5) is 3.95. The molecule has 1 aliphatic heterocycles. The Morgan fingerprint density at radius 2 is 2.54 bits per heavy atom. The lowest BCUT2D eigenvalue weighted by molar-refractivity contribution is 0.0874. The molecule has 13 heavy (non-hydrogen) atoms. The molecule has 1 atom stereocenters. The Bertz CT molecular complexity index is 268. The Kier molecular flexibility index (Phi) is 2.31. The average molecular weight is 183 g/mol. The highest BCUT2D eigenvalue weighted by molar-refractivity contribution is 5.30. The fourth-order valence-electron chi connectivity index (χ4n) is 1.38. The van der Waals surface area contributed by atoms with Gasteiger partial charge in [-0.25, -0.2) is 5.10 Å². The first-order chi connectivity index (χ1) is 6.34. The van der Waals surface area contributed by atoms with Gasteiger partial charge in [-0.05, 0) is 12.8 Å². The lowest BCUT2D eigenvalue weighted by Gasteiger charge is -2.22. The average Bonchev–Trinajstić information content (AvgIpc) is 2.53. The Morgan fingerprint density at radius 1 is 1.62 bits per heavy atom. The van der Waals surface area contributed by atoms with Gasteiger partial charge in [0, 0.05) is 6.61 Å². The Labute approximate surface area is 75.9 Å². The Morgan fingerprint density at radius 3 is 3.15 bits per heavy atom. The van der Waals surface area contributed by atoms with E-state index >= 15 is 0 Å². The van der Waals surface area contributed by atoms with Gasteiger partial charge in [0.1, 0.15) is 0 Å². The third-order valence-corrected chi connectivity index (χ3v) is 2.00. The molecule has 0 aliphatic carbocycles. The number of nitrogens with one attached hydrogen (secondary N) is 2. The van der Waals surface area contributed by atoms with Crippen molar-refractivity contribution in [2.45, 2.75) is 18.9 Å². The van der Waals surface area contributed by atoms with E-state index in [0.717, 1.165) is 19.4 Å². The van der Waals surface area contributed by atoms with Gasteiger partial charge in [-0.1, -0.05) is 0 Å². The molecule has 1 unspecified atom stereocenters. The zero-order valence-electron chi connectivity index (χ0n) is 7.29. The summed E-state index contributed by atoms with van der Waals surface area (Å²) in [5.41, 5.74) is 5.38. The summed E-state index contributed by atoms with van der Waals surface area (Å²) >= 11 is 0. The van der Waals surface area contributed by atoms with Gasteiger partial charge in [0.15, 0.2) is 0 Å². The molecule has 0 spiro atoms. The normalized spacial score (nSPS) is 22.9. The van der Waals surface area contributed by atoms with Gasteiger partial charge < -0.3 is 15.8 Å². The van der Waals surface area contributed by atoms with E-state index in [-0.39, 0.29) is 0 Å². The van der Waals surface area contributed by atoms with Crippen LogP contribution in [0.1, 0.15) is 12.8 Å². The number of anilines is 2. The number of H-pyrrole nitrogens is 1. The lowest BCUT2D eigenvalue weighted by Crippen LogP contribution is -2.30. The monoisotopic (exact) mass is 183 g/mol. The van der Waals surface area contributed by atoms with Crippen LogP contribution in [-0.2, 0) is 4.74 Å². The number of nitrogens with zero attached hydrogens (tertiary/aromatic N) is 2. The maximum atomic E-state index is 5.38. The van der Waals surface area contributed by atoms with Crippen LogP contribution in [0.5, 0.6) is 0 Å². The minimum absolute atomic E-state index is 0.309. The van der Waals surface area contributed by atoms with Gasteiger partial charge in [0.05, 0.1) is 12.6 Å². The summed E-state index contributed by atoms with van der Waals surface area (Å²) in [7, 11) is 0. The maximum Gasteiger partial charge on any atom is 0.243 e. The van der Waals surface area contributed by atoms with Gasteiger partial charge in [-0.2, -0.15) is 4.98 Å². The second-order valence-electron chi connectivity index (χ2n) is 3.10. The van der Waals surface area contributed by atoms with Crippen LogP contribution in [0.3, 0.4) is 0 Å². The third-order valence-electron chi connectivity index (χ3n) is 2.00. The number of ether oxygens (including phenoxy) is 1. The number of aromatic nitrogens is 3. The standard InChI is InChI=1S/C7H13N5O/c8-6-10-7(12-11-6)9-5-2-1-3-13-4-5/h5H,1-4H2,(H4,8,9,10,11,12). The van der Waals surface area contributed by atoms with Crippen LogP contribution in [0.25, 0.3) is 0 Å². The van der Waals surface area contributed by atoms with E-state index in [0.29, 0.717) is 24.5 Å². The molecule has 4 N–H and O–H groups in total. The predicted molar refractivity (Wildman–Crippen MR) is 48.3 cm³/mol. The Hall–Kier alpha value is -1.30. The highest BCUT2D eigenvalue weighted by Crippen LogP contribution is 2.10. The van der Waals surface area contributed by atoms with Gasteiger partial charge in [0.25, 0.3) is 0 Å². The molecule has 2 heterocycles. The summed E-state index contributed by atoms with van der Waals surface area (Å²) in [5, 5.41) is 9.60. The van der Waals surface area contributed by atoms with Crippen LogP contribution in [0.2, 0.25) is 0 Å². The van der Waals surface area contributed by atoms with Crippen molar-refractivity contribution in [3.8, 4) is 0 Å². The second-order valence-corrected chi connectivity index (χ2v) is 3.10. The summed E-state index contributed by atoms with van der Waals surface area (Å²) < 4.78 is 5.30. The second kappa shape index (κ2) is 3.61. The van der Waals surface area contributed by atoms with Crippen molar-refractivity contribution in [2.75, 3.05) is 24.3 Å². The minimum atomic E-state index is 0.309. The summed E-state index contributed by atoms with van der Waals surface area (Å²) in [6.07, 6.45) is 2.17. The van der Waals surface area contributed by atoms with Crippen LogP contribution in [0.15, 0.2) is 0 Å². The number of aromatic amines is 1. The smallest absolute Gasteiger partial charge is 0.243 e. The number of hydrogen-bond acceptors (Lipinski definition) is 5. The van der Waals surface area contributed by atoms with Crippen molar-refractivity contribution in [3.63, 3.8) is 0 Å². The molecule has 0 aromatic carbocycles. The third kappa shape index (κ3) is 2.09. The van der Waals surface area contributed by atoms with Crippen molar-refractivity contribution < 1.29 is 4.74 Å². The Balaban J connectivity index is 1.89. The first-order valence-electron chi connectivity index (χ1n) is 4.37.